The molecule has 0 heterocycles. The van der Waals surface area contributed by atoms with Gasteiger partial charge in [-0.15, -0.1) is 0 Å². The van der Waals surface area contributed by atoms with Crippen LogP contribution in [0.4, 0.5) is 0 Å². The lowest BCUT2D eigenvalue weighted by atomic mass is 9.97. The van der Waals surface area contributed by atoms with Gasteiger partial charge >= 0.3 is 5.97 Å². The molecule has 0 saturated heterocycles. The molecule has 0 radical (unpaired) electrons. The molecule has 0 aliphatic rings. The SMILES string of the molecule is CCCCCCCCCC(C)C(=O)N[C@H](C(=O)O)[C@@H](C)CC. The van der Waals surface area contributed by atoms with Crippen LogP contribution in [-0.2, 0) is 9.59 Å². The lowest BCUT2D eigenvalue weighted by Crippen LogP contribution is -2.46. The maximum absolute atomic E-state index is 12.1. The molecule has 1 amide bonds. The van der Waals surface area contributed by atoms with Gasteiger partial charge in [0.05, 0.1) is 0 Å². The maximum Gasteiger partial charge on any atom is 0.326 e. The van der Waals surface area contributed by atoms with Crippen molar-refractivity contribution >= 4 is 11.9 Å². The van der Waals surface area contributed by atoms with Crippen molar-refractivity contribution in [2.24, 2.45) is 11.8 Å². The van der Waals surface area contributed by atoms with E-state index in [4.69, 9.17) is 0 Å². The van der Waals surface area contributed by atoms with Crippen molar-refractivity contribution in [2.75, 3.05) is 0 Å². The number of aliphatic carboxylic acids is 1. The number of amides is 1. The highest BCUT2D eigenvalue weighted by atomic mass is 16.4. The summed E-state index contributed by atoms with van der Waals surface area (Å²) in [6.45, 7) is 7.90. The van der Waals surface area contributed by atoms with Gasteiger partial charge in [0, 0.05) is 5.92 Å². The highest BCUT2D eigenvalue weighted by Gasteiger charge is 2.26. The first-order chi connectivity index (χ1) is 10.4. The average Bonchev–Trinajstić information content (AvgIpc) is 2.50. The van der Waals surface area contributed by atoms with Gasteiger partial charge in [0.25, 0.3) is 0 Å². The van der Waals surface area contributed by atoms with Crippen LogP contribution in [-0.4, -0.2) is 23.0 Å². The van der Waals surface area contributed by atoms with Crippen LogP contribution in [0.15, 0.2) is 0 Å². The maximum atomic E-state index is 12.1. The average molecular weight is 313 g/mol. The molecule has 0 bridgehead atoms. The Morgan fingerprint density at radius 1 is 0.955 bits per heavy atom. The van der Waals surface area contributed by atoms with Gasteiger partial charge in [0.1, 0.15) is 6.04 Å². The molecule has 0 aromatic rings. The number of nitrogens with one attached hydrogen (secondary N) is 1. The van der Waals surface area contributed by atoms with E-state index < -0.39 is 12.0 Å². The topological polar surface area (TPSA) is 66.4 Å². The number of rotatable bonds is 13. The van der Waals surface area contributed by atoms with Gasteiger partial charge in [-0.3, -0.25) is 4.79 Å². The van der Waals surface area contributed by atoms with Gasteiger partial charge in [-0.1, -0.05) is 79.1 Å². The Balaban J connectivity index is 3.97. The van der Waals surface area contributed by atoms with Crippen LogP contribution in [0.3, 0.4) is 0 Å². The Bertz CT molecular complexity index is 317. The molecule has 2 N–H and O–H groups in total. The smallest absolute Gasteiger partial charge is 0.326 e. The normalized spacial score (nSPS) is 15.1. The van der Waals surface area contributed by atoms with E-state index in [1.165, 1.54) is 32.1 Å². The molecule has 0 rings (SSSR count). The summed E-state index contributed by atoms with van der Waals surface area (Å²) >= 11 is 0. The number of carboxylic acid groups (broad SMARTS) is 1. The number of carbonyl (C=O) groups is 2. The standard InChI is InChI=1S/C18H35NO3/c1-5-7-8-9-10-11-12-13-15(4)17(20)19-16(18(21)22)14(3)6-2/h14-16H,5-13H2,1-4H3,(H,19,20)(H,21,22)/t14-,15?,16-/m0/s1. The number of unbranched alkanes of at least 4 members (excludes halogenated alkanes) is 6. The van der Waals surface area contributed by atoms with E-state index in [1.54, 1.807) is 0 Å². The Hall–Kier alpha value is -1.06. The first-order valence-corrected chi connectivity index (χ1v) is 8.97. The summed E-state index contributed by atoms with van der Waals surface area (Å²) in [5.41, 5.74) is 0. The van der Waals surface area contributed by atoms with Crippen LogP contribution in [0.25, 0.3) is 0 Å². The molecule has 0 fully saturated rings. The number of carbonyl (C=O) groups excluding carboxylic acids is 1. The molecule has 0 aromatic carbocycles. The number of hydrogen-bond donors (Lipinski definition) is 2. The lowest BCUT2D eigenvalue weighted by Gasteiger charge is -2.22. The van der Waals surface area contributed by atoms with Crippen LogP contribution in [0, 0.1) is 11.8 Å². The van der Waals surface area contributed by atoms with E-state index in [0.29, 0.717) is 0 Å². The molecule has 0 aliphatic carbocycles. The van der Waals surface area contributed by atoms with E-state index in [2.05, 4.69) is 12.2 Å². The van der Waals surface area contributed by atoms with E-state index in [1.807, 2.05) is 20.8 Å². The van der Waals surface area contributed by atoms with Crippen LogP contribution in [0.2, 0.25) is 0 Å². The summed E-state index contributed by atoms with van der Waals surface area (Å²) in [4.78, 5) is 23.3. The summed E-state index contributed by atoms with van der Waals surface area (Å²) in [5.74, 6) is -1.22. The minimum Gasteiger partial charge on any atom is -0.480 e. The van der Waals surface area contributed by atoms with Gasteiger partial charge in [0.15, 0.2) is 0 Å². The van der Waals surface area contributed by atoms with Crippen LogP contribution in [0.1, 0.15) is 85.5 Å². The van der Waals surface area contributed by atoms with Gasteiger partial charge in [-0.2, -0.15) is 0 Å². The molecule has 0 aromatic heterocycles. The fourth-order valence-electron chi connectivity index (χ4n) is 2.52. The molecule has 1 unspecified atom stereocenters. The van der Waals surface area contributed by atoms with Gasteiger partial charge in [0.2, 0.25) is 5.91 Å². The summed E-state index contributed by atoms with van der Waals surface area (Å²) < 4.78 is 0. The fraction of sp³-hybridized carbons (Fsp3) is 0.889. The van der Waals surface area contributed by atoms with Crippen molar-refractivity contribution in [3.63, 3.8) is 0 Å². The van der Waals surface area contributed by atoms with E-state index >= 15 is 0 Å². The second-order valence-corrected chi connectivity index (χ2v) is 6.52. The molecule has 4 heteroatoms. The molecule has 0 aliphatic heterocycles. The fourth-order valence-corrected chi connectivity index (χ4v) is 2.52. The first kappa shape index (κ1) is 20.9. The predicted octanol–water partition coefficient (Wildman–Crippen LogP) is 4.38. The van der Waals surface area contributed by atoms with Crippen molar-refractivity contribution in [2.45, 2.75) is 91.5 Å². The summed E-state index contributed by atoms with van der Waals surface area (Å²) in [5, 5.41) is 11.9. The highest BCUT2D eigenvalue weighted by Crippen LogP contribution is 2.14. The van der Waals surface area contributed by atoms with Gasteiger partial charge in [-0.05, 0) is 12.3 Å². The van der Waals surface area contributed by atoms with E-state index in [-0.39, 0.29) is 17.7 Å². The second kappa shape index (κ2) is 12.5. The van der Waals surface area contributed by atoms with Crippen LogP contribution < -0.4 is 5.32 Å². The zero-order valence-corrected chi connectivity index (χ0v) is 14.9. The molecule has 3 atom stereocenters. The Kier molecular flexibility index (Phi) is 11.9. The minimum atomic E-state index is -0.939. The van der Waals surface area contributed by atoms with Crippen molar-refractivity contribution in [1.82, 2.24) is 5.32 Å². The first-order valence-electron chi connectivity index (χ1n) is 8.97. The summed E-state index contributed by atoms with van der Waals surface area (Å²) in [7, 11) is 0. The van der Waals surface area contributed by atoms with Crippen molar-refractivity contribution < 1.29 is 14.7 Å². The Morgan fingerprint density at radius 3 is 2.00 bits per heavy atom. The molecule has 22 heavy (non-hydrogen) atoms. The Labute approximate surface area is 136 Å². The van der Waals surface area contributed by atoms with Gasteiger partial charge in [-0.25, -0.2) is 4.79 Å². The second-order valence-electron chi connectivity index (χ2n) is 6.52. The Morgan fingerprint density at radius 2 is 1.50 bits per heavy atom. The van der Waals surface area contributed by atoms with Crippen LogP contribution >= 0.6 is 0 Å². The third-order valence-electron chi connectivity index (χ3n) is 4.47. The lowest BCUT2D eigenvalue weighted by molar-refractivity contribution is -0.144. The third kappa shape index (κ3) is 9.06. The minimum absolute atomic E-state index is 0.0489. The quantitative estimate of drug-likeness (QED) is 0.496. The molecule has 0 saturated carbocycles. The van der Waals surface area contributed by atoms with Crippen LogP contribution in [0.5, 0.6) is 0 Å². The largest absolute Gasteiger partial charge is 0.480 e. The van der Waals surface area contributed by atoms with Crippen molar-refractivity contribution in [3.05, 3.63) is 0 Å². The predicted molar refractivity (Wildman–Crippen MR) is 90.8 cm³/mol. The summed E-state index contributed by atoms with van der Waals surface area (Å²) in [6.07, 6.45) is 10.2. The van der Waals surface area contributed by atoms with Crippen molar-refractivity contribution in [3.8, 4) is 0 Å². The molecule has 0 spiro atoms. The third-order valence-corrected chi connectivity index (χ3v) is 4.47. The van der Waals surface area contributed by atoms with Crippen molar-refractivity contribution in [1.29, 1.82) is 0 Å². The summed E-state index contributed by atoms with van der Waals surface area (Å²) in [6, 6.07) is -0.769. The van der Waals surface area contributed by atoms with E-state index in [0.717, 1.165) is 25.7 Å². The monoisotopic (exact) mass is 313 g/mol. The zero-order valence-electron chi connectivity index (χ0n) is 14.9. The van der Waals surface area contributed by atoms with Gasteiger partial charge < -0.3 is 10.4 Å². The molecule has 4 nitrogen and oxygen atoms in total. The van der Waals surface area contributed by atoms with E-state index in [9.17, 15) is 14.7 Å². The molecular weight excluding hydrogens is 278 g/mol. The number of hydrogen-bond acceptors (Lipinski definition) is 2. The molecule has 130 valence electrons. The number of carboxylic acids is 1. The highest BCUT2D eigenvalue weighted by molar-refractivity contribution is 5.84. The molecular formula is C18H35NO3. The zero-order chi connectivity index (χ0) is 17.0.